The summed E-state index contributed by atoms with van der Waals surface area (Å²) in [5.41, 5.74) is 7.36. The van der Waals surface area contributed by atoms with E-state index in [4.69, 9.17) is 17.3 Å². The van der Waals surface area contributed by atoms with Crippen molar-refractivity contribution in [1.29, 1.82) is 0 Å². The number of aliphatic hydroxyl groups is 1. The summed E-state index contributed by atoms with van der Waals surface area (Å²) < 4.78 is 0. The van der Waals surface area contributed by atoms with Gasteiger partial charge in [0.15, 0.2) is 0 Å². The van der Waals surface area contributed by atoms with E-state index in [2.05, 4.69) is 5.32 Å². The smallest absolute Gasteiger partial charge is 0.0541 e. The summed E-state index contributed by atoms with van der Waals surface area (Å²) in [6.45, 7) is 0. The fourth-order valence-corrected chi connectivity index (χ4v) is 2.40. The van der Waals surface area contributed by atoms with E-state index in [0.717, 1.165) is 31.4 Å². The minimum atomic E-state index is -0.123. The molecule has 2 rings (SSSR count). The van der Waals surface area contributed by atoms with Crippen molar-refractivity contribution in [2.45, 2.75) is 37.8 Å². The van der Waals surface area contributed by atoms with Gasteiger partial charge in [-0.05, 0) is 43.9 Å². The molecule has 1 saturated carbocycles. The highest BCUT2D eigenvalue weighted by Crippen LogP contribution is 2.25. The summed E-state index contributed by atoms with van der Waals surface area (Å²) in [5.74, 6) is 0. The van der Waals surface area contributed by atoms with Crippen molar-refractivity contribution in [3.05, 3.63) is 23.2 Å². The molecule has 1 aromatic rings. The van der Waals surface area contributed by atoms with Crippen LogP contribution in [0.4, 0.5) is 11.4 Å². The number of halogens is 1. The fourth-order valence-electron chi connectivity index (χ4n) is 2.15. The SMILES string of the molecule is Nc1cc(Cl)cc(NC2CCC(O)CC2)c1. The molecule has 0 bridgehead atoms. The van der Waals surface area contributed by atoms with E-state index in [-0.39, 0.29) is 6.10 Å². The lowest BCUT2D eigenvalue weighted by atomic mass is 9.93. The number of hydrogen-bond acceptors (Lipinski definition) is 3. The number of aliphatic hydroxyl groups excluding tert-OH is 1. The zero-order chi connectivity index (χ0) is 11.5. The third-order valence-electron chi connectivity index (χ3n) is 2.99. The molecule has 4 N–H and O–H groups in total. The van der Waals surface area contributed by atoms with Crippen LogP contribution in [0, 0.1) is 0 Å². The fraction of sp³-hybridized carbons (Fsp3) is 0.500. The minimum absolute atomic E-state index is 0.123. The molecule has 0 unspecified atom stereocenters. The second-order valence-electron chi connectivity index (χ2n) is 4.42. The zero-order valence-electron chi connectivity index (χ0n) is 9.12. The summed E-state index contributed by atoms with van der Waals surface area (Å²) in [6.07, 6.45) is 3.60. The average Bonchev–Trinajstić information content (AvgIpc) is 2.20. The van der Waals surface area contributed by atoms with Gasteiger partial charge < -0.3 is 16.2 Å². The molecule has 0 saturated heterocycles. The summed E-state index contributed by atoms with van der Waals surface area (Å²) >= 11 is 5.93. The van der Waals surface area contributed by atoms with Crippen LogP contribution in [0.25, 0.3) is 0 Å². The summed E-state index contributed by atoms with van der Waals surface area (Å²) in [6, 6.07) is 5.92. The monoisotopic (exact) mass is 240 g/mol. The maximum atomic E-state index is 9.41. The molecule has 0 spiro atoms. The molecule has 1 fully saturated rings. The highest BCUT2D eigenvalue weighted by molar-refractivity contribution is 6.31. The second kappa shape index (κ2) is 4.93. The molecule has 16 heavy (non-hydrogen) atoms. The molecule has 0 amide bonds. The van der Waals surface area contributed by atoms with Crippen LogP contribution in [0.2, 0.25) is 5.02 Å². The van der Waals surface area contributed by atoms with E-state index < -0.39 is 0 Å². The van der Waals surface area contributed by atoms with Crippen LogP contribution in [0.3, 0.4) is 0 Å². The maximum Gasteiger partial charge on any atom is 0.0541 e. The highest BCUT2D eigenvalue weighted by atomic mass is 35.5. The van der Waals surface area contributed by atoms with Gasteiger partial charge in [0.2, 0.25) is 0 Å². The molecule has 0 aliphatic heterocycles. The Morgan fingerprint density at radius 1 is 1.19 bits per heavy atom. The van der Waals surface area contributed by atoms with Gasteiger partial charge in [-0.15, -0.1) is 0 Å². The van der Waals surface area contributed by atoms with Crippen molar-refractivity contribution in [1.82, 2.24) is 0 Å². The molecule has 0 radical (unpaired) electrons. The standard InChI is InChI=1S/C12H17ClN2O/c13-8-5-9(14)7-11(6-8)15-10-1-3-12(16)4-2-10/h5-7,10,12,15-16H,1-4,14H2. The Hall–Kier alpha value is -0.930. The second-order valence-corrected chi connectivity index (χ2v) is 4.86. The first kappa shape index (κ1) is 11.6. The predicted octanol–water partition coefficient (Wildman–Crippen LogP) is 2.64. The van der Waals surface area contributed by atoms with Crippen LogP contribution in [-0.2, 0) is 0 Å². The molecule has 0 aromatic heterocycles. The molecule has 88 valence electrons. The molecular formula is C12H17ClN2O. The quantitative estimate of drug-likeness (QED) is 0.697. The van der Waals surface area contributed by atoms with E-state index >= 15 is 0 Å². The Bertz CT molecular complexity index is 342. The third-order valence-corrected chi connectivity index (χ3v) is 3.21. The number of nitrogen functional groups attached to an aromatic ring is 1. The van der Waals surface area contributed by atoms with Crippen LogP contribution >= 0.6 is 11.6 Å². The number of nitrogens with two attached hydrogens (primary N) is 1. The molecule has 1 aliphatic carbocycles. The zero-order valence-corrected chi connectivity index (χ0v) is 9.87. The van der Waals surface area contributed by atoms with Gasteiger partial charge in [0.25, 0.3) is 0 Å². The molecule has 1 aromatic carbocycles. The number of rotatable bonds is 2. The van der Waals surface area contributed by atoms with Crippen LogP contribution in [0.1, 0.15) is 25.7 Å². The predicted molar refractivity (Wildman–Crippen MR) is 67.7 cm³/mol. The van der Waals surface area contributed by atoms with Gasteiger partial charge in [-0.3, -0.25) is 0 Å². The van der Waals surface area contributed by atoms with Crippen molar-refractivity contribution >= 4 is 23.0 Å². The van der Waals surface area contributed by atoms with Gasteiger partial charge in [-0.2, -0.15) is 0 Å². The van der Waals surface area contributed by atoms with Crippen molar-refractivity contribution in [2.75, 3.05) is 11.1 Å². The first-order valence-corrected chi connectivity index (χ1v) is 6.02. The van der Waals surface area contributed by atoms with Crippen LogP contribution in [0.5, 0.6) is 0 Å². The van der Waals surface area contributed by atoms with Gasteiger partial charge >= 0.3 is 0 Å². The Kier molecular flexibility index (Phi) is 3.56. The van der Waals surface area contributed by atoms with E-state index in [1.54, 1.807) is 6.07 Å². The number of nitrogens with one attached hydrogen (secondary N) is 1. The Balaban J connectivity index is 1.98. The van der Waals surface area contributed by atoms with Gasteiger partial charge in [0, 0.05) is 22.4 Å². The molecule has 1 aliphatic rings. The van der Waals surface area contributed by atoms with Crippen LogP contribution in [-0.4, -0.2) is 17.3 Å². The van der Waals surface area contributed by atoms with Gasteiger partial charge in [-0.25, -0.2) is 0 Å². The van der Waals surface area contributed by atoms with Crippen molar-refractivity contribution in [3.63, 3.8) is 0 Å². The van der Waals surface area contributed by atoms with Crippen molar-refractivity contribution < 1.29 is 5.11 Å². The lowest BCUT2D eigenvalue weighted by Crippen LogP contribution is -2.28. The first-order chi connectivity index (χ1) is 7.63. The van der Waals surface area contributed by atoms with E-state index in [9.17, 15) is 5.11 Å². The Morgan fingerprint density at radius 2 is 1.88 bits per heavy atom. The van der Waals surface area contributed by atoms with E-state index in [1.807, 2.05) is 12.1 Å². The minimum Gasteiger partial charge on any atom is -0.399 e. The molecule has 3 nitrogen and oxygen atoms in total. The lowest BCUT2D eigenvalue weighted by molar-refractivity contribution is 0.126. The number of benzene rings is 1. The molecule has 4 heteroatoms. The van der Waals surface area contributed by atoms with Gasteiger partial charge in [-0.1, -0.05) is 11.6 Å². The third kappa shape index (κ3) is 3.03. The maximum absolute atomic E-state index is 9.41. The summed E-state index contributed by atoms with van der Waals surface area (Å²) in [7, 11) is 0. The summed E-state index contributed by atoms with van der Waals surface area (Å²) in [4.78, 5) is 0. The van der Waals surface area contributed by atoms with E-state index in [1.165, 1.54) is 0 Å². The Labute approximate surface area is 101 Å². The largest absolute Gasteiger partial charge is 0.399 e. The van der Waals surface area contributed by atoms with Gasteiger partial charge in [0.1, 0.15) is 0 Å². The normalized spacial score (nSPS) is 25.4. The molecule has 0 heterocycles. The summed E-state index contributed by atoms with van der Waals surface area (Å²) in [5, 5.41) is 13.5. The topological polar surface area (TPSA) is 58.3 Å². The lowest BCUT2D eigenvalue weighted by Gasteiger charge is -2.27. The number of anilines is 2. The van der Waals surface area contributed by atoms with Gasteiger partial charge in [0.05, 0.1) is 6.10 Å². The first-order valence-electron chi connectivity index (χ1n) is 5.64. The van der Waals surface area contributed by atoms with Crippen molar-refractivity contribution in [3.8, 4) is 0 Å². The highest BCUT2D eigenvalue weighted by Gasteiger charge is 2.19. The number of hydrogen-bond donors (Lipinski definition) is 3. The molecular weight excluding hydrogens is 224 g/mol. The Morgan fingerprint density at radius 3 is 2.50 bits per heavy atom. The average molecular weight is 241 g/mol. The van der Waals surface area contributed by atoms with Crippen molar-refractivity contribution in [2.24, 2.45) is 0 Å². The molecule has 0 atom stereocenters. The van der Waals surface area contributed by atoms with Crippen LogP contribution < -0.4 is 11.1 Å². The van der Waals surface area contributed by atoms with Crippen LogP contribution in [0.15, 0.2) is 18.2 Å². The van der Waals surface area contributed by atoms with E-state index in [0.29, 0.717) is 16.8 Å².